The normalized spacial score (nSPS) is 13.8. The zero-order valence-corrected chi connectivity index (χ0v) is 11.4. The second-order valence-corrected chi connectivity index (χ2v) is 4.89. The Bertz CT molecular complexity index is 367. The highest BCUT2D eigenvalue weighted by molar-refractivity contribution is 5.76. The zero-order valence-electron chi connectivity index (χ0n) is 11.4. The lowest BCUT2D eigenvalue weighted by Crippen LogP contribution is -2.34. The van der Waals surface area contributed by atoms with E-state index in [0.29, 0.717) is 19.3 Å². The predicted octanol–water partition coefficient (Wildman–Crippen LogP) is 1.26. The summed E-state index contributed by atoms with van der Waals surface area (Å²) in [4.78, 5) is 11.7. The molecule has 0 aliphatic rings. The lowest BCUT2D eigenvalue weighted by Gasteiger charge is -2.14. The molecule has 1 amide bonds. The molecule has 0 bridgehead atoms. The lowest BCUT2D eigenvalue weighted by atomic mass is 10.1. The average Bonchev–Trinajstić information content (AvgIpc) is 2.39. The smallest absolute Gasteiger partial charge is 0.220 e. The topological polar surface area (TPSA) is 69.6 Å². The fourth-order valence-corrected chi connectivity index (χ4v) is 1.96. The molecule has 2 atom stereocenters. The van der Waals surface area contributed by atoms with Crippen molar-refractivity contribution in [2.75, 3.05) is 6.61 Å². The molecule has 0 heterocycles. The number of hydrogen-bond acceptors (Lipinski definition) is 3. The Labute approximate surface area is 114 Å². The number of hydrogen-bond donors (Lipinski definition) is 3. The van der Waals surface area contributed by atoms with E-state index in [1.54, 1.807) is 0 Å². The summed E-state index contributed by atoms with van der Waals surface area (Å²) in [5.41, 5.74) is 1.20. The van der Waals surface area contributed by atoms with Gasteiger partial charge in [-0.05, 0) is 31.7 Å². The minimum atomic E-state index is -0.713. The molecule has 3 N–H and O–H groups in total. The quantitative estimate of drug-likeness (QED) is 0.662. The molecule has 1 rings (SSSR count). The Balaban J connectivity index is 2.21. The second-order valence-electron chi connectivity index (χ2n) is 4.89. The number of benzene rings is 1. The highest BCUT2D eigenvalue weighted by Gasteiger charge is 2.09. The molecule has 0 saturated heterocycles. The maximum atomic E-state index is 11.7. The van der Waals surface area contributed by atoms with Crippen molar-refractivity contribution in [2.45, 2.75) is 44.8 Å². The standard InChI is InChI=1S/C15H23NO3/c1-12(10-13-6-3-2-4-7-13)16-15(19)9-5-8-14(18)11-17/h2-4,6-7,12,14,17-18H,5,8-11H2,1H3,(H,16,19)/t12-,14?/m0/s1. The number of aliphatic hydroxyl groups excluding tert-OH is 2. The summed E-state index contributed by atoms with van der Waals surface area (Å²) in [7, 11) is 0. The Hall–Kier alpha value is -1.39. The van der Waals surface area contributed by atoms with Crippen LogP contribution in [-0.2, 0) is 11.2 Å². The molecule has 0 spiro atoms. The van der Waals surface area contributed by atoms with Crippen molar-refractivity contribution in [2.24, 2.45) is 0 Å². The van der Waals surface area contributed by atoms with Crippen LogP contribution < -0.4 is 5.32 Å². The summed E-state index contributed by atoms with van der Waals surface area (Å²) in [5.74, 6) is -0.00595. The molecule has 106 valence electrons. The monoisotopic (exact) mass is 265 g/mol. The Kier molecular flexibility index (Phi) is 7.15. The fourth-order valence-electron chi connectivity index (χ4n) is 1.96. The Morgan fingerprint density at radius 2 is 2.00 bits per heavy atom. The van der Waals surface area contributed by atoms with Crippen molar-refractivity contribution in [3.05, 3.63) is 35.9 Å². The molecule has 0 aliphatic heterocycles. The van der Waals surface area contributed by atoms with Crippen molar-refractivity contribution in [1.29, 1.82) is 0 Å². The van der Waals surface area contributed by atoms with Crippen LogP contribution in [0.1, 0.15) is 31.7 Å². The fraction of sp³-hybridized carbons (Fsp3) is 0.533. The van der Waals surface area contributed by atoms with E-state index in [1.165, 1.54) is 5.56 Å². The second kappa shape index (κ2) is 8.67. The number of carbonyl (C=O) groups is 1. The van der Waals surface area contributed by atoms with Crippen molar-refractivity contribution < 1.29 is 15.0 Å². The summed E-state index contributed by atoms with van der Waals surface area (Å²) < 4.78 is 0. The van der Waals surface area contributed by atoms with E-state index in [9.17, 15) is 4.79 Å². The van der Waals surface area contributed by atoms with Gasteiger partial charge in [-0.15, -0.1) is 0 Å². The van der Waals surface area contributed by atoms with Gasteiger partial charge in [0.1, 0.15) is 0 Å². The van der Waals surface area contributed by atoms with Crippen LogP contribution in [0.3, 0.4) is 0 Å². The summed E-state index contributed by atoms with van der Waals surface area (Å²) in [6, 6.07) is 10.1. The summed E-state index contributed by atoms with van der Waals surface area (Å²) >= 11 is 0. The largest absolute Gasteiger partial charge is 0.394 e. The first-order chi connectivity index (χ1) is 9.11. The minimum absolute atomic E-state index is 0.00595. The van der Waals surface area contributed by atoms with E-state index < -0.39 is 6.10 Å². The molecule has 1 aromatic carbocycles. The SMILES string of the molecule is C[C@@H](Cc1ccccc1)NC(=O)CCCC(O)CO. The molecule has 0 fully saturated rings. The molecule has 0 aromatic heterocycles. The summed E-state index contributed by atoms with van der Waals surface area (Å²) in [5, 5.41) is 20.8. The van der Waals surface area contributed by atoms with E-state index >= 15 is 0 Å². The van der Waals surface area contributed by atoms with Crippen molar-refractivity contribution >= 4 is 5.91 Å². The van der Waals surface area contributed by atoms with E-state index in [0.717, 1.165) is 6.42 Å². The molecule has 1 aromatic rings. The molecule has 0 aliphatic carbocycles. The van der Waals surface area contributed by atoms with Crippen molar-refractivity contribution in [1.82, 2.24) is 5.32 Å². The molecule has 0 saturated carbocycles. The van der Waals surface area contributed by atoms with E-state index in [4.69, 9.17) is 10.2 Å². The van der Waals surface area contributed by atoms with E-state index in [1.807, 2.05) is 37.3 Å². The van der Waals surface area contributed by atoms with Gasteiger partial charge in [0.25, 0.3) is 0 Å². The first-order valence-electron chi connectivity index (χ1n) is 6.74. The van der Waals surface area contributed by atoms with E-state index in [-0.39, 0.29) is 18.6 Å². The molecular weight excluding hydrogens is 242 g/mol. The third kappa shape index (κ3) is 6.94. The maximum Gasteiger partial charge on any atom is 0.220 e. The van der Waals surface area contributed by atoms with Gasteiger partial charge in [-0.25, -0.2) is 0 Å². The van der Waals surface area contributed by atoms with Crippen LogP contribution in [0.4, 0.5) is 0 Å². The highest BCUT2D eigenvalue weighted by Crippen LogP contribution is 2.04. The minimum Gasteiger partial charge on any atom is -0.394 e. The van der Waals surface area contributed by atoms with Crippen LogP contribution in [0.2, 0.25) is 0 Å². The molecule has 0 radical (unpaired) electrons. The highest BCUT2D eigenvalue weighted by atomic mass is 16.3. The van der Waals surface area contributed by atoms with E-state index in [2.05, 4.69) is 5.32 Å². The van der Waals surface area contributed by atoms with Crippen LogP contribution in [0.25, 0.3) is 0 Å². The molecular formula is C15H23NO3. The Morgan fingerprint density at radius 1 is 1.32 bits per heavy atom. The number of rotatable bonds is 8. The van der Waals surface area contributed by atoms with Crippen LogP contribution in [0.15, 0.2) is 30.3 Å². The summed E-state index contributed by atoms with van der Waals surface area (Å²) in [6.07, 6.45) is 1.53. The number of carbonyl (C=O) groups excluding carboxylic acids is 1. The van der Waals surface area contributed by atoms with Crippen LogP contribution >= 0.6 is 0 Å². The third-order valence-corrected chi connectivity index (χ3v) is 2.94. The molecule has 4 nitrogen and oxygen atoms in total. The van der Waals surface area contributed by atoms with Gasteiger partial charge >= 0.3 is 0 Å². The predicted molar refractivity (Wildman–Crippen MR) is 74.7 cm³/mol. The van der Waals surface area contributed by atoms with Gasteiger partial charge in [0.2, 0.25) is 5.91 Å². The van der Waals surface area contributed by atoms with Crippen LogP contribution in [0.5, 0.6) is 0 Å². The zero-order chi connectivity index (χ0) is 14.1. The lowest BCUT2D eigenvalue weighted by molar-refractivity contribution is -0.121. The van der Waals surface area contributed by atoms with Gasteiger partial charge in [-0.1, -0.05) is 30.3 Å². The first kappa shape index (κ1) is 15.7. The van der Waals surface area contributed by atoms with Gasteiger partial charge < -0.3 is 15.5 Å². The van der Waals surface area contributed by atoms with Crippen LogP contribution in [0, 0.1) is 0 Å². The third-order valence-electron chi connectivity index (χ3n) is 2.94. The average molecular weight is 265 g/mol. The molecule has 4 heteroatoms. The van der Waals surface area contributed by atoms with Gasteiger partial charge in [0, 0.05) is 12.5 Å². The number of nitrogens with one attached hydrogen (secondary N) is 1. The van der Waals surface area contributed by atoms with Crippen LogP contribution in [-0.4, -0.2) is 34.9 Å². The van der Waals surface area contributed by atoms with Gasteiger partial charge in [0.15, 0.2) is 0 Å². The van der Waals surface area contributed by atoms with Gasteiger partial charge in [-0.2, -0.15) is 0 Å². The van der Waals surface area contributed by atoms with Gasteiger partial charge in [-0.3, -0.25) is 4.79 Å². The van der Waals surface area contributed by atoms with Crippen molar-refractivity contribution in [3.8, 4) is 0 Å². The number of aliphatic hydroxyl groups is 2. The Morgan fingerprint density at radius 3 is 2.63 bits per heavy atom. The first-order valence-corrected chi connectivity index (χ1v) is 6.74. The summed E-state index contributed by atoms with van der Waals surface area (Å²) in [6.45, 7) is 1.74. The number of amides is 1. The van der Waals surface area contributed by atoms with Crippen molar-refractivity contribution in [3.63, 3.8) is 0 Å². The molecule has 1 unspecified atom stereocenters. The maximum absolute atomic E-state index is 11.7. The molecule has 19 heavy (non-hydrogen) atoms. The van der Waals surface area contributed by atoms with Gasteiger partial charge in [0.05, 0.1) is 12.7 Å².